The van der Waals surface area contributed by atoms with Gasteiger partial charge in [-0.05, 0) is 128 Å². The van der Waals surface area contributed by atoms with E-state index in [1.54, 1.807) is 0 Å². The maximum Gasteiger partial charge on any atom is 0.306 e. The summed E-state index contributed by atoms with van der Waals surface area (Å²) in [4.78, 5) is 38.2. The van der Waals surface area contributed by atoms with E-state index in [0.717, 1.165) is 128 Å². The molecule has 0 spiro atoms. The molecule has 0 aliphatic carbocycles. The number of phosphoric acid groups is 1. The zero-order chi connectivity index (χ0) is 72.5. The molecule has 0 aromatic heterocycles. The number of unbranched alkanes of at least 4 members (excludes halogenated alkanes) is 32. The Hall–Kier alpha value is -4.63. The van der Waals surface area contributed by atoms with Crippen LogP contribution in [-0.4, -0.2) is 70.0 Å². The molecule has 0 saturated heterocycles. The molecule has 0 radical (unpaired) electrons. The van der Waals surface area contributed by atoms with E-state index >= 15 is 0 Å². The first-order valence-electron chi connectivity index (χ1n) is 40.8. The third kappa shape index (κ3) is 82.3. The fourth-order valence-corrected chi connectivity index (χ4v) is 11.8. The summed E-state index contributed by atoms with van der Waals surface area (Å²) in [5, 5.41) is 0. The van der Waals surface area contributed by atoms with Gasteiger partial charge >= 0.3 is 11.9 Å². The third-order valence-electron chi connectivity index (χ3n) is 17.2. The summed E-state index contributed by atoms with van der Waals surface area (Å²) in [6.45, 7) is 4.03. The minimum absolute atomic E-state index is 0.0360. The lowest BCUT2D eigenvalue weighted by Gasteiger charge is -2.28. The summed E-state index contributed by atoms with van der Waals surface area (Å²) in [6, 6.07) is 0. The molecule has 10 heteroatoms. The van der Waals surface area contributed by atoms with Crippen LogP contribution in [0, 0.1) is 0 Å². The summed E-state index contributed by atoms with van der Waals surface area (Å²) >= 11 is 0. The van der Waals surface area contributed by atoms with Gasteiger partial charge in [0, 0.05) is 12.8 Å². The van der Waals surface area contributed by atoms with E-state index in [1.165, 1.54) is 173 Å². The number of esters is 2. The largest absolute Gasteiger partial charge is 0.756 e. The van der Waals surface area contributed by atoms with Crippen LogP contribution >= 0.6 is 7.82 Å². The number of rotatable bonds is 74. The van der Waals surface area contributed by atoms with Crippen molar-refractivity contribution in [2.24, 2.45) is 0 Å². The number of quaternary nitrogens is 1. The van der Waals surface area contributed by atoms with E-state index in [-0.39, 0.29) is 32.0 Å². The van der Waals surface area contributed by atoms with Gasteiger partial charge in [-0.25, -0.2) is 0 Å². The zero-order valence-corrected chi connectivity index (χ0v) is 66.0. The number of allylic oxidation sites excluding steroid dienone is 28. The highest BCUT2D eigenvalue weighted by molar-refractivity contribution is 7.45. The first-order chi connectivity index (χ1) is 49.0. The molecular formula is C90H152NO8P. The summed E-state index contributed by atoms with van der Waals surface area (Å²) in [6.07, 6.45) is 119. The highest BCUT2D eigenvalue weighted by atomic mass is 31.2. The van der Waals surface area contributed by atoms with Crippen LogP contribution in [0.15, 0.2) is 170 Å². The molecule has 0 aliphatic rings. The smallest absolute Gasteiger partial charge is 0.306 e. The Labute approximate surface area is 617 Å². The van der Waals surface area contributed by atoms with E-state index in [2.05, 4.69) is 184 Å². The summed E-state index contributed by atoms with van der Waals surface area (Å²) < 4.78 is 34.4. The summed E-state index contributed by atoms with van der Waals surface area (Å²) in [5.74, 6) is -0.830. The van der Waals surface area contributed by atoms with Crippen molar-refractivity contribution in [1.29, 1.82) is 0 Å². The Bertz CT molecular complexity index is 2300. The first kappa shape index (κ1) is 95.4. The van der Waals surface area contributed by atoms with Crippen LogP contribution in [0.1, 0.15) is 335 Å². The fourth-order valence-electron chi connectivity index (χ4n) is 11.1. The minimum Gasteiger partial charge on any atom is -0.756 e. The number of hydrogen-bond donors (Lipinski definition) is 0. The van der Waals surface area contributed by atoms with Crippen molar-refractivity contribution in [3.8, 4) is 0 Å². The van der Waals surface area contributed by atoms with Gasteiger partial charge in [-0.1, -0.05) is 364 Å². The second-order valence-corrected chi connectivity index (χ2v) is 29.4. The number of hydrogen-bond acceptors (Lipinski definition) is 8. The van der Waals surface area contributed by atoms with E-state index in [1.807, 2.05) is 21.1 Å². The van der Waals surface area contributed by atoms with Gasteiger partial charge < -0.3 is 27.9 Å². The monoisotopic (exact) mass is 1410 g/mol. The van der Waals surface area contributed by atoms with Gasteiger partial charge in [-0.3, -0.25) is 14.2 Å². The molecule has 0 N–H and O–H groups in total. The number of ether oxygens (including phenoxy) is 2. The first-order valence-corrected chi connectivity index (χ1v) is 42.3. The highest BCUT2D eigenvalue weighted by Gasteiger charge is 2.22. The van der Waals surface area contributed by atoms with E-state index in [4.69, 9.17) is 18.5 Å². The highest BCUT2D eigenvalue weighted by Crippen LogP contribution is 2.38. The molecule has 9 nitrogen and oxygen atoms in total. The third-order valence-corrected chi connectivity index (χ3v) is 18.2. The Morgan fingerprint density at radius 3 is 0.800 bits per heavy atom. The molecule has 0 saturated carbocycles. The molecule has 2 unspecified atom stereocenters. The van der Waals surface area contributed by atoms with Gasteiger partial charge in [0.05, 0.1) is 27.7 Å². The van der Waals surface area contributed by atoms with Gasteiger partial charge in [-0.2, -0.15) is 0 Å². The van der Waals surface area contributed by atoms with Crippen molar-refractivity contribution in [3.05, 3.63) is 170 Å². The van der Waals surface area contributed by atoms with Crippen LogP contribution in [0.25, 0.3) is 0 Å². The Balaban J connectivity index is 4.00. The van der Waals surface area contributed by atoms with Crippen molar-refractivity contribution >= 4 is 19.8 Å². The van der Waals surface area contributed by atoms with E-state index < -0.39 is 26.5 Å². The standard InChI is InChI=1S/C90H152NO8P/c1-6-8-10-12-14-16-18-20-22-24-26-28-30-32-34-36-38-40-42-43-44-45-46-47-49-51-53-55-57-59-61-63-65-67-69-71-73-75-77-79-81-83-90(93)99-88(87-98-100(94,95)97-85-84-91(3,4)5)86-96-89(92)82-80-78-76-74-72-70-68-66-64-62-60-58-56-54-52-50-48-41-39-37-35-33-31-29-27-25-23-21-19-17-15-13-11-9-7-2/h8-11,14-17,20-23,26-29,32-35,38,40,43-44,46-47,51,53,88H,6-7,12-13,18-19,24-25,30-31,36-37,39,41-42,45,48-50,52,54-87H2,1-5H3/b10-8-,11-9-,16-14-,17-15-,22-20-,23-21-,28-26-,29-27-,34-32-,35-33-,40-38-,44-43-,47-46-,53-51-. The van der Waals surface area contributed by atoms with E-state index in [9.17, 15) is 19.0 Å². The molecule has 100 heavy (non-hydrogen) atoms. The van der Waals surface area contributed by atoms with Gasteiger partial charge in [0.25, 0.3) is 7.82 Å². The minimum atomic E-state index is -4.65. The molecule has 0 bridgehead atoms. The molecule has 0 aliphatic heterocycles. The van der Waals surface area contributed by atoms with Gasteiger partial charge in [0.15, 0.2) is 6.10 Å². The van der Waals surface area contributed by atoms with Gasteiger partial charge in [-0.15, -0.1) is 0 Å². The lowest BCUT2D eigenvalue weighted by atomic mass is 10.0. The molecule has 0 aromatic carbocycles. The second-order valence-electron chi connectivity index (χ2n) is 28.0. The molecule has 0 amide bonds. The number of nitrogens with zero attached hydrogens (tertiary/aromatic N) is 1. The van der Waals surface area contributed by atoms with Crippen molar-refractivity contribution in [2.75, 3.05) is 47.5 Å². The molecule has 0 rings (SSSR count). The Morgan fingerprint density at radius 1 is 0.310 bits per heavy atom. The lowest BCUT2D eigenvalue weighted by Crippen LogP contribution is -2.37. The van der Waals surface area contributed by atoms with Crippen LogP contribution in [0.5, 0.6) is 0 Å². The van der Waals surface area contributed by atoms with Gasteiger partial charge in [0.2, 0.25) is 0 Å². The normalized spacial score (nSPS) is 13.9. The van der Waals surface area contributed by atoms with Gasteiger partial charge in [0.1, 0.15) is 19.8 Å². The Kier molecular flexibility index (Phi) is 74.9. The number of carbonyl (C=O) groups excluding carboxylic acids is 2. The topological polar surface area (TPSA) is 111 Å². The molecule has 0 fully saturated rings. The average molecular weight is 1410 g/mol. The van der Waals surface area contributed by atoms with Crippen molar-refractivity contribution in [1.82, 2.24) is 0 Å². The number of likely N-dealkylation sites (N-methyl/N-ethyl adjacent to an activating group) is 1. The maximum absolute atomic E-state index is 12.9. The number of phosphoric ester groups is 1. The molecule has 0 aromatic rings. The summed E-state index contributed by atoms with van der Waals surface area (Å²) in [5.41, 5.74) is 0. The number of carbonyl (C=O) groups is 2. The van der Waals surface area contributed by atoms with E-state index in [0.29, 0.717) is 17.4 Å². The maximum atomic E-state index is 12.9. The van der Waals surface area contributed by atoms with Crippen molar-refractivity contribution < 1.29 is 42.1 Å². The predicted octanol–water partition coefficient (Wildman–Crippen LogP) is 27.0. The van der Waals surface area contributed by atoms with Crippen LogP contribution in [0.4, 0.5) is 0 Å². The predicted molar refractivity (Wildman–Crippen MR) is 433 cm³/mol. The van der Waals surface area contributed by atoms with Crippen molar-refractivity contribution in [3.63, 3.8) is 0 Å². The average Bonchev–Trinajstić information content (AvgIpc) is 1.30. The summed E-state index contributed by atoms with van der Waals surface area (Å²) in [7, 11) is 1.16. The van der Waals surface area contributed by atoms with Crippen LogP contribution in [0.3, 0.4) is 0 Å². The van der Waals surface area contributed by atoms with Crippen molar-refractivity contribution in [2.45, 2.75) is 341 Å². The molecular weight excluding hydrogens is 1250 g/mol. The lowest BCUT2D eigenvalue weighted by molar-refractivity contribution is -0.870. The SMILES string of the molecule is CC/C=C\C/C=C\C/C=C\C/C=C\C/C=C\C/C=C\C/C=C\C/C=C\C/C=C\CCCCCCCCCCCCCCCC(=O)OC(COC(=O)CCCCCCCCCCCCCCCCCCCCC/C=C\C/C=C\C/C=C\C/C=C\C/C=C\CC)COP(=O)([O-])OCC[N+](C)(C)C. The fraction of sp³-hybridized carbons (Fsp3) is 0.667. The van der Waals surface area contributed by atoms with Crippen LogP contribution in [-0.2, 0) is 32.7 Å². The quantitative estimate of drug-likeness (QED) is 0.0195. The molecule has 0 heterocycles. The zero-order valence-electron chi connectivity index (χ0n) is 65.1. The van der Waals surface area contributed by atoms with Crippen LogP contribution < -0.4 is 4.89 Å². The second kappa shape index (κ2) is 78.5. The molecule has 2 atom stereocenters. The van der Waals surface area contributed by atoms with Crippen LogP contribution in [0.2, 0.25) is 0 Å². The Morgan fingerprint density at radius 2 is 0.540 bits per heavy atom. The molecule has 570 valence electrons.